The van der Waals surface area contributed by atoms with Gasteiger partial charge in [-0.3, -0.25) is 14.5 Å². The van der Waals surface area contributed by atoms with Gasteiger partial charge in [0.25, 0.3) is 0 Å². The first-order valence-electron chi connectivity index (χ1n) is 10.6. The van der Waals surface area contributed by atoms with Crippen LogP contribution >= 0.6 is 0 Å². The Bertz CT molecular complexity index is 856. The summed E-state index contributed by atoms with van der Waals surface area (Å²) in [7, 11) is 0. The van der Waals surface area contributed by atoms with Crippen LogP contribution in [0.25, 0.3) is 0 Å². The first-order chi connectivity index (χ1) is 14.2. The summed E-state index contributed by atoms with van der Waals surface area (Å²) in [5, 5.41) is 12.8. The fourth-order valence-electron chi connectivity index (χ4n) is 3.84. The van der Waals surface area contributed by atoms with E-state index < -0.39 is 5.41 Å². The van der Waals surface area contributed by atoms with E-state index in [2.05, 4.69) is 22.3 Å². The summed E-state index contributed by atoms with van der Waals surface area (Å²) in [5.41, 5.74) is 1.70. The molecule has 1 heterocycles. The van der Waals surface area contributed by atoms with Crippen molar-refractivity contribution < 1.29 is 14.7 Å². The molecule has 1 aliphatic rings. The minimum Gasteiger partial charge on any atom is -0.508 e. The number of likely N-dealkylation sites (tertiary alicyclic amines) is 1. The van der Waals surface area contributed by atoms with Gasteiger partial charge in [0.2, 0.25) is 5.91 Å². The van der Waals surface area contributed by atoms with Crippen LogP contribution in [0.3, 0.4) is 0 Å². The summed E-state index contributed by atoms with van der Waals surface area (Å²) in [5.74, 6) is 0.489. The van der Waals surface area contributed by atoms with Crippen LogP contribution in [0, 0.1) is 5.41 Å². The van der Waals surface area contributed by atoms with Gasteiger partial charge in [-0.1, -0.05) is 63.2 Å². The van der Waals surface area contributed by atoms with Crippen molar-refractivity contribution in [2.75, 3.05) is 13.1 Å². The quantitative estimate of drug-likeness (QED) is 0.737. The van der Waals surface area contributed by atoms with Gasteiger partial charge in [-0.25, -0.2) is 0 Å². The number of amides is 1. The maximum Gasteiger partial charge on any atom is 0.225 e. The van der Waals surface area contributed by atoms with Gasteiger partial charge in [-0.2, -0.15) is 0 Å². The highest BCUT2D eigenvalue weighted by atomic mass is 16.3. The fourth-order valence-corrected chi connectivity index (χ4v) is 3.84. The summed E-state index contributed by atoms with van der Waals surface area (Å²) in [4.78, 5) is 27.5. The third-order valence-electron chi connectivity index (χ3n) is 5.62. The highest BCUT2D eigenvalue weighted by Gasteiger charge is 2.34. The molecule has 2 N–H and O–H groups in total. The predicted molar refractivity (Wildman–Crippen MR) is 118 cm³/mol. The zero-order chi connectivity index (χ0) is 21.7. The molecule has 1 saturated heterocycles. The van der Waals surface area contributed by atoms with Gasteiger partial charge in [-0.15, -0.1) is 0 Å². The van der Waals surface area contributed by atoms with Crippen LogP contribution in [-0.4, -0.2) is 46.9 Å². The number of hydrogen-bond donors (Lipinski definition) is 2. The largest absolute Gasteiger partial charge is 0.508 e. The first kappa shape index (κ1) is 22.0. The highest BCUT2D eigenvalue weighted by Crippen LogP contribution is 2.21. The van der Waals surface area contributed by atoms with E-state index >= 15 is 0 Å². The molecule has 1 amide bonds. The molecule has 0 unspecified atom stereocenters. The molecule has 0 aliphatic carbocycles. The van der Waals surface area contributed by atoms with Gasteiger partial charge in [-0.05, 0) is 36.1 Å². The Labute approximate surface area is 179 Å². The van der Waals surface area contributed by atoms with Crippen LogP contribution < -0.4 is 5.32 Å². The molecule has 2 atom stereocenters. The Balaban J connectivity index is 1.75. The monoisotopic (exact) mass is 408 g/mol. The van der Waals surface area contributed by atoms with Crippen LogP contribution in [0.2, 0.25) is 0 Å². The average molecular weight is 409 g/mol. The molecule has 160 valence electrons. The highest BCUT2D eigenvalue weighted by molar-refractivity contribution is 5.86. The van der Waals surface area contributed by atoms with E-state index in [0.717, 1.165) is 11.1 Å². The fraction of sp³-hybridized carbons (Fsp3) is 0.440. The second-order valence-corrected chi connectivity index (χ2v) is 9.21. The Morgan fingerprint density at radius 2 is 1.77 bits per heavy atom. The lowest BCUT2D eigenvalue weighted by Gasteiger charge is -2.31. The van der Waals surface area contributed by atoms with Gasteiger partial charge in [0.1, 0.15) is 5.75 Å². The number of Topliss-reactive ketones (excluding diaryl/α,β-unsaturated/α-hetero) is 1. The molecular formula is C25H32N2O3. The zero-order valence-electron chi connectivity index (χ0n) is 18.1. The van der Waals surface area contributed by atoms with E-state index in [1.165, 1.54) is 0 Å². The lowest BCUT2D eigenvalue weighted by Crippen LogP contribution is -2.50. The molecule has 0 spiro atoms. The second kappa shape index (κ2) is 9.43. The maximum absolute atomic E-state index is 12.7. The maximum atomic E-state index is 12.7. The van der Waals surface area contributed by atoms with Gasteiger partial charge in [0.05, 0.1) is 6.04 Å². The van der Waals surface area contributed by atoms with Crippen molar-refractivity contribution in [3.05, 3.63) is 65.7 Å². The SMILES string of the molecule is CC(C)(C)C(=O)N[C@@H](Cc1ccc(O)cc1)CN1CCC(=O)[C@H]1Cc1ccccc1. The third-order valence-corrected chi connectivity index (χ3v) is 5.62. The molecule has 2 aromatic rings. The Morgan fingerprint density at radius 3 is 2.40 bits per heavy atom. The molecule has 1 aliphatic heterocycles. The van der Waals surface area contributed by atoms with Gasteiger partial charge < -0.3 is 10.4 Å². The number of nitrogens with zero attached hydrogens (tertiary/aromatic N) is 1. The summed E-state index contributed by atoms with van der Waals surface area (Å²) >= 11 is 0. The second-order valence-electron chi connectivity index (χ2n) is 9.21. The molecule has 5 nitrogen and oxygen atoms in total. The molecule has 30 heavy (non-hydrogen) atoms. The topological polar surface area (TPSA) is 69.6 Å². The van der Waals surface area contributed by atoms with Crippen LogP contribution in [0.1, 0.15) is 38.3 Å². The minimum absolute atomic E-state index is 0.00332. The van der Waals surface area contributed by atoms with Gasteiger partial charge >= 0.3 is 0 Å². The van der Waals surface area contributed by atoms with Crippen molar-refractivity contribution >= 4 is 11.7 Å². The minimum atomic E-state index is -0.489. The summed E-state index contributed by atoms with van der Waals surface area (Å²) in [6.07, 6.45) is 1.89. The van der Waals surface area contributed by atoms with Crippen LogP contribution in [-0.2, 0) is 22.4 Å². The van der Waals surface area contributed by atoms with Crippen LogP contribution in [0.5, 0.6) is 5.75 Å². The molecule has 0 aromatic heterocycles. The number of nitrogens with one attached hydrogen (secondary N) is 1. The van der Waals surface area contributed by atoms with E-state index in [9.17, 15) is 14.7 Å². The number of ketones is 1. The number of phenolic OH excluding ortho intramolecular Hbond substituents is 1. The number of benzene rings is 2. The average Bonchev–Trinajstić information content (AvgIpc) is 3.03. The zero-order valence-corrected chi connectivity index (χ0v) is 18.1. The molecule has 3 rings (SSSR count). The Kier molecular flexibility index (Phi) is 6.93. The standard InChI is InChI=1S/C25H32N2O3/c1-25(2,3)24(30)26-20(15-19-9-11-21(28)12-10-19)17-27-14-13-23(29)22(27)16-18-7-5-4-6-8-18/h4-12,20,22,28H,13-17H2,1-3H3,(H,26,30)/t20-,22+/m0/s1. The van der Waals surface area contributed by atoms with Crippen molar-refractivity contribution in [1.82, 2.24) is 10.2 Å². The molecule has 1 fully saturated rings. The van der Waals surface area contributed by atoms with Crippen LogP contribution in [0.4, 0.5) is 0 Å². The van der Waals surface area contributed by atoms with Crippen LogP contribution in [0.15, 0.2) is 54.6 Å². The van der Waals surface area contributed by atoms with Gasteiger partial charge in [0.15, 0.2) is 5.78 Å². The van der Waals surface area contributed by atoms with Crippen molar-refractivity contribution in [1.29, 1.82) is 0 Å². The molecule has 2 aromatic carbocycles. The van der Waals surface area contributed by atoms with Crippen molar-refractivity contribution in [3.8, 4) is 5.75 Å². The summed E-state index contributed by atoms with van der Waals surface area (Å²) < 4.78 is 0. The molecule has 0 saturated carbocycles. The Morgan fingerprint density at radius 1 is 1.10 bits per heavy atom. The lowest BCUT2D eigenvalue weighted by atomic mass is 9.94. The number of phenols is 1. The molecule has 0 bridgehead atoms. The lowest BCUT2D eigenvalue weighted by molar-refractivity contribution is -0.129. The number of hydrogen-bond acceptors (Lipinski definition) is 4. The van der Waals surface area contributed by atoms with Crippen molar-refractivity contribution in [3.63, 3.8) is 0 Å². The Hall–Kier alpha value is -2.66. The molecular weight excluding hydrogens is 376 g/mol. The number of rotatable bonds is 7. The number of carbonyl (C=O) groups is 2. The van der Waals surface area contributed by atoms with E-state index in [-0.39, 0.29) is 29.5 Å². The summed E-state index contributed by atoms with van der Waals surface area (Å²) in [6.45, 7) is 7.03. The molecule has 0 radical (unpaired) electrons. The first-order valence-corrected chi connectivity index (χ1v) is 10.6. The number of aromatic hydroxyl groups is 1. The number of carbonyl (C=O) groups excluding carboxylic acids is 2. The predicted octanol–water partition coefficient (Wildman–Crippen LogP) is 3.35. The van der Waals surface area contributed by atoms with Crippen molar-refractivity contribution in [2.45, 2.75) is 52.1 Å². The van der Waals surface area contributed by atoms with Crippen molar-refractivity contribution in [2.24, 2.45) is 5.41 Å². The van der Waals surface area contributed by atoms with E-state index in [1.807, 2.05) is 51.1 Å². The summed E-state index contributed by atoms with van der Waals surface area (Å²) in [6, 6.07) is 16.9. The smallest absolute Gasteiger partial charge is 0.225 e. The van der Waals surface area contributed by atoms with Gasteiger partial charge in [0, 0.05) is 31.0 Å². The van der Waals surface area contributed by atoms with E-state index in [4.69, 9.17) is 0 Å². The third kappa shape index (κ3) is 5.92. The normalized spacial score (nSPS) is 18.4. The van der Waals surface area contributed by atoms with E-state index in [1.54, 1.807) is 12.1 Å². The van der Waals surface area contributed by atoms with E-state index in [0.29, 0.717) is 32.4 Å². The molecule has 5 heteroatoms.